The highest BCUT2D eigenvalue weighted by molar-refractivity contribution is 5.48. The van der Waals surface area contributed by atoms with E-state index in [4.69, 9.17) is 0 Å². The van der Waals surface area contributed by atoms with Crippen LogP contribution >= 0.6 is 0 Å². The van der Waals surface area contributed by atoms with Gasteiger partial charge >= 0.3 is 0 Å². The summed E-state index contributed by atoms with van der Waals surface area (Å²) >= 11 is 0. The number of aryl methyl sites for hydroxylation is 1. The Labute approximate surface area is 111 Å². The number of rotatable bonds is 5. The summed E-state index contributed by atoms with van der Waals surface area (Å²) in [5.74, 6) is 1.73. The van der Waals surface area contributed by atoms with E-state index in [1.54, 1.807) is 0 Å². The SMILES string of the molecule is CCCNc1ncc(C)c(N(C)CC(C)(C)C)n1. The molecule has 0 saturated heterocycles. The molecule has 1 N–H and O–H groups in total. The first-order chi connectivity index (χ1) is 8.33. The van der Waals surface area contributed by atoms with Gasteiger partial charge in [0.2, 0.25) is 5.95 Å². The van der Waals surface area contributed by atoms with E-state index in [2.05, 4.69) is 61.9 Å². The van der Waals surface area contributed by atoms with Crippen molar-refractivity contribution in [3.63, 3.8) is 0 Å². The maximum absolute atomic E-state index is 4.60. The van der Waals surface area contributed by atoms with Gasteiger partial charge in [0, 0.05) is 31.9 Å². The van der Waals surface area contributed by atoms with E-state index >= 15 is 0 Å². The second-order valence-electron chi connectivity index (χ2n) is 6.04. The molecule has 0 atom stereocenters. The molecule has 0 aliphatic carbocycles. The molecule has 1 aromatic rings. The van der Waals surface area contributed by atoms with Crippen molar-refractivity contribution >= 4 is 11.8 Å². The van der Waals surface area contributed by atoms with E-state index in [0.717, 1.165) is 36.8 Å². The zero-order valence-corrected chi connectivity index (χ0v) is 12.5. The molecule has 0 unspecified atom stereocenters. The first-order valence-corrected chi connectivity index (χ1v) is 6.62. The van der Waals surface area contributed by atoms with Crippen LogP contribution in [0, 0.1) is 12.3 Å². The van der Waals surface area contributed by atoms with Crippen molar-refractivity contribution in [3.8, 4) is 0 Å². The van der Waals surface area contributed by atoms with Crippen LogP contribution in [0.3, 0.4) is 0 Å². The van der Waals surface area contributed by atoms with Crippen molar-refractivity contribution in [2.45, 2.75) is 41.0 Å². The molecule has 18 heavy (non-hydrogen) atoms. The maximum atomic E-state index is 4.60. The molecule has 1 aromatic heterocycles. The van der Waals surface area contributed by atoms with Gasteiger partial charge in [-0.3, -0.25) is 0 Å². The number of nitrogens with one attached hydrogen (secondary N) is 1. The minimum atomic E-state index is 0.253. The number of aromatic nitrogens is 2. The van der Waals surface area contributed by atoms with Crippen LogP contribution in [0.15, 0.2) is 6.20 Å². The monoisotopic (exact) mass is 250 g/mol. The van der Waals surface area contributed by atoms with Crippen molar-refractivity contribution < 1.29 is 0 Å². The van der Waals surface area contributed by atoms with Crippen LogP contribution in [0.25, 0.3) is 0 Å². The minimum absolute atomic E-state index is 0.253. The molecular formula is C14H26N4. The summed E-state index contributed by atoms with van der Waals surface area (Å²) in [7, 11) is 2.09. The quantitative estimate of drug-likeness (QED) is 0.872. The van der Waals surface area contributed by atoms with Gasteiger partial charge in [-0.25, -0.2) is 4.98 Å². The summed E-state index contributed by atoms with van der Waals surface area (Å²) in [5, 5.41) is 3.23. The summed E-state index contributed by atoms with van der Waals surface area (Å²) in [5.41, 5.74) is 1.37. The third-order valence-corrected chi connectivity index (χ3v) is 2.55. The third-order valence-electron chi connectivity index (χ3n) is 2.55. The molecule has 0 amide bonds. The van der Waals surface area contributed by atoms with Crippen LogP contribution in [0.1, 0.15) is 39.7 Å². The summed E-state index contributed by atoms with van der Waals surface area (Å²) in [6.45, 7) is 12.8. The average molecular weight is 250 g/mol. The van der Waals surface area contributed by atoms with Crippen LogP contribution in [0.2, 0.25) is 0 Å². The molecule has 1 heterocycles. The van der Waals surface area contributed by atoms with E-state index in [1.165, 1.54) is 0 Å². The highest BCUT2D eigenvalue weighted by Gasteiger charge is 2.16. The fourth-order valence-corrected chi connectivity index (χ4v) is 1.93. The highest BCUT2D eigenvalue weighted by Crippen LogP contribution is 2.22. The zero-order valence-electron chi connectivity index (χ0n) is 12.5. The first-order valence-electron chi connectivity index (χ1n) is 6.62. The summed E-state index contributed by atoms with van der Waals surface area (Å²) in [6.07, 6.45) is 2.96. The van der Waals surface area contributed by atoms with E-state index < -0.39 is 0 Å². The number of nitrogens with zero attached hydrogens (tertiary/aromatic N) is 3. The van der Waals surface area contributed by atoms with Crippen molar-refractivity contribution in [1.29, 1.82) is 0 Å². The fourth-order valence-electron chi connectivity index (χ4n) is 1.93. The Morgan fingerprint density at radius 1 is 1.33 bits per heavy atom. The van der Waals surface area contributed by atoms with Crippen molar-refractivity contribution in [3.05, 3.63) is 11.8 Å². The van der Waals surface area contributed by atoms with E-state index in [-0.39, 0.29) is 5.41 Å². The Balaban J connectivity index is 2.86. The fraction of sp³-hybridized carbons (Fsp3) is 0.714. The maximum Gasteiger partial charge on any atom is 0.224 e. The molecule has 0 spiro atoms. The molecule has 0 bridgehead atoms. The Kier molecular flexibility index (Phi) is 4.93. The van der Waals surface area contributed by atoms with Crippen LogP contribution in [0.5, 0.6) is 0 Å². The number of hydrogen-bond donors (Lipinski definition) is 1. The molecule has 0 aromatic carbocycles. The molecule has 0 saturated carbocycles. The second kappa shape index (κ2) is 6.03. The smallest absolute Gasteiger partial charge is 0.224 e. The lowest BCUT2D eigenvalue weighted by Gasteiger charge is -2.28. The van der Waals surface area contributed by atoms with E-state index in [0.29, 0.717) is 0 Å². The summed E-state index contributed by atoms with van der Waals surface area (Å²) < 4.78 is 0. The Hall–Kier alpha value is -1.32. The molecule has 102 valence electrons. The standard InChI is InChI=1S/C14H26N4/c1-7-8-15-13-16-9-11(2)12(17-13)18(6)10-14(3,4)5/h9H,7-8,10H2,1-6H3,(H,15,16,17). The lowest BCUT2D eigenvalue weighted by atomic mass is 9.96. The average Bonchev–Trinajstić information content (AvgIpc) is 2.25. The lowest BCUT2D eigenvalue weighted by molar-refractivity contribution is 0.417. The van der Waals surface area contributed by atoms with Gasteiger partial charge in [-0.05, 0) is 18.8 Å². The number of anilines is 2. The van der Waals surface area contributed by atoms with Crippen LogP contribution in [0.4, 0.5) is 11.8 Å². The predicted octanol–water partition coefficient (Wildman–Crippen LogP) is 3.09. The molecule has 1 rings (SSSR count). The third kappa shape index (κ3) is 4.51. The molecule has 0 aliphatic heterocycles. The summed E-state index contributed by atoms with van der Waals surface area (Å²) in [4.78, 5) is 11.1. The topological polar surface area (TPSA) is 41.1 Å². The molecule has 0 aliphatic rings. The molecule has 0 fully saturated rings. The largest absolute Gasteiger partial charge is 0.359 e. The van der Waals surface area contributed by atoms with Gasteiger partial charge in [0.1, 0.15) is 5.82 Å². The van der Waals surface area contributed by atoms with Crippen molar-refractivity contribution in [2.24, 2.45) is 5.41 Å². The molecule has 0 radical (unpaired) electrons. The second-order valence-corrected chi connectivity index (χ2v) is 6.04. The van der Waals surface area contributed by atoms with Gasteiger partial charge < -0.3 is 10.2 Å². The predicted molar refractivity (Wildman–Crippen MR) is 78.3 cm³/mol. The molecular weight excluding hydrogens is 224 g/mol. The Bertz CT molecular complexity index is 382. The normalized spacial score (nSPS) is 11.4. The van der Waals surface area contributed by atoms with Crippen LogP contribution in [-0.4, -0.2) is 30.1 Å². The Morgan fingerprint density at radius 2 is 2.00 bits per heavy atom. The van der Waals surface area contributed by atoms with Crippen molar-refractivity contribution in [1.82, 2.24) is 9.97 Å². The Morgan fingerprint density at radius 3 is 2.56 bits per heavy atom. The molecule has 4 nitrogen and oxygen atoms in total. The van der Waals surface area contributed by atoms with Gasteiger partial charge in [0.05, 0.1) is 0 Å². The minimum Gasteiger partial charge on any atom is -0.359 e. The first kappa shape index (κ1) is 14.7. The van der Waals surface area contributed by atoms with Crippen LogP contribution < -0.4 is 10.2 Å². The van der Waals surface area contributed by atoms with Gasteiger partial charge in [-0.1, -0.05) is 27.7 Å². The molecule has 4 heteroatoms. The van der Waals surface area contributed by atoms with Gasteiger partial charge in [-0.2, -0.15) is 4.98 Å². The summed E-state index contributed by atoms with van der Waals surface area (Å²) in [6, 6.07) is 0. The van der Waals surface area contributed by atoms with E-state index in [9.17, 15) is 0 Å². The van der Waals surface area contributed by atoms with Crippen LogP contribution in [-0.2, 0) is 0 Å². The zero-order chi connectivity index (χ0) is 13.8. The number of hydrogen-bond acceptors (Lipinski definition) is 4. The van der Waals surface area contributed by atoms with Crippen molar-refractivity contribution in [2.75, 3.05) is 30.4 Å². The lowest BCUT2D eigenvalue weighted by Crippen LogP contribution is -2.30. The van der Waals surface area contributed by atoms with Gasteiger partial charge in [0.15, 0.2) is 0 Å². The van der Waals surface area contributed by atoms with E-state index in [1.807, 2.05) is 6.20 Å². The highest BCUT2D eigenvalue weighted by atomic mass is 15.2. The van der Waals surface area contributed by atoms with Gasteiger partial charge in [-0.15, -0.1) is 0 Å². The van der Waals surface area contributed by atoms with Gasteiger partial charge in [0.25, 0.3) is 0 Å².